The fourth-order valence-electron chi connectivity index (χ4n) is 1.61. The van der Waals surface area contributed by atoms with E-state index in [1.807, 2.05) is 13.0 Å². The first-order valence-electron chi connectivity index (χ1n) is 5.15. The lowest BCUT2D eigenvalue weighted by Crippen LogP contribution is -2.39. The van der Waals surface area contributed by atoms with Gasteiger partial charge in [-0.25, -0.2) is 9.97 Å². The second-order valence-corrected chi connectivity index (χ2v) is 4.62. The molecule has 0 amide bonds. The van der Waals surface area contributed by atoms with Crippen LogP contribution < -0.4 is 5.32 Å². The number of hydrogen-bond acceptors (Lipinski definition) is 4. The molecule has 1 saturated carbocycles. The first-order chi connectivity index (χ1) is 7.17. The Balaban J connectivity index is 2.04. The lowest BCUT2D eigenvalue weighted by atomic mass is 9.89. The molecular formula is C10H14BrN3O. The van der Waals surface area contributed by atoms with Crippen LogP contribution in [0.2, 0.25) is 0 Å². The van der Waals surface area contributed by atoms with Crippen LogP contribution in [0, 0.1) is 0 Å². The maximum absolute atomic E-state index is 9.17. The van der Waals surface area contributed by atoms with E-state index in [1.54, 1.807) is 0 Å². The molecule has 0 aromatic carbocycles. The molecule has 0 bridgehead atoms. The Kier molecular flexibility index (Phi) is 3.21. The van der Waals surface area contributed by atoms with E-state index in [-0.39, 0.29) is 6.10 Å². The van der Waals surface area contributed by atoms with Gasteiger partial charge in [0.2, 0.25) is 0 Å². The van der Waals surface area contributed by atoms with Gasteiger partial charge in [0, 0.05) is 18.5 Å². The van der Waals surface area contributed by atoms with Gasteiger partial charge in [-0.1, -0.05) is 6.92 Å². The van der Waals surface area contributed by atoms with Crippen molar-refractivity contribution in [1.82, 2.24) is 9.97 Å². The molecule has 15 heavy (non-hydrogen) atoms. The lowest BCUT2D eigenvalue weighted by molar-refractivity contribution is 0.0835. The number of nitrogens with one attached hydrogen (secondary N) is 1. The first-order valence-corrected chi connectivity index (χ1v) is 5.94. The lowest BCUT2D eigenvalue weighted by Gasteiger charge is -2.32. The van der Waals surface area contributed by atoms with E-state index < -0.39 is 0 Å². The fraction of sp³-hybridized carbons (Fsp3) is 0.600. The van der Waals surface area contributed by atoms with Gasteiger partial charge in [0.1, 0.15) is 16.2 Å². The average Bonchev–Trinajstić information content (AvgIpc) is 2.14. The predicted octanol–water partition coefficient (Wildman–Crippen LogP) is 1.74. The minimum Gasteiger partial charge on any atom is -0.393 e. The summed E-state index contributed by atoms with van der Waals surface area (Å²) in [5.74, 6) is 1.66. The Hall–Kier alpha value is -0.680. The van der Waals surface area contributed by atoms with E-state index in [0.717, 1.165) is 35.5 Å². The molecular weight excluding hydrogens is 258 g/mol. The van der Waals surface area contributed by atoms with Gasteiger partial charge in [-0.05, 0) is 28.8 Å². The summed E-state index contributed by atoms with van der Waals surface area (Å²) >= 11 is 3.36. The maximum atomic E-state index is 9.17. The van der Waals surface area contributed by atoms with E-state index in [0.29, 0.717) is 6.04 Å². The minimum atomic E-state index is -0.140. The molecule has 82 valence electrons. The monoisotopic (exact) mass is 271 g/mol. The number of anilines is 1. The highest BCUT2D eigenvalue weighted by Gasteiger charge is 2.27. The zero-order valence-corrected chi connectivity index (χ0v) is 10.2. The molecule has 1 aromatic rings. The molecule has 2 N–H and O–H groups in total. The number of hydrogen-bond donors (Lipinski definition) is 2. The van der Waals surface area contributed by atoms with Crippen LogP contribution in [0.3, 0.4) is 0 Å². The highest BCUT2D eigenvalue weighted by Crippen LogP contribution is 2.24. The normalized spacial score (nSPS) is 24.7. The number of nitrogens with zero attached hydrogens (tertiary/aromatic N) is 2. The van der Waals surface area contributed by atoms with Crippen molar-refractivity contribution in [3.63, 3.8) is 0 Å². The molecule has 4 nitrogen and oxygen atoms in total. The SMILES string of the molecule is CCc1nc(Br)cc(NC2CC(O)C2)n1. The average molecular weight is 272 g/mol. The Morgan fingerprint density at radius 2 is 2.27 bits per heavy atom. The number of rotatable bonds is 3. The van der Waals surface area contributed by atoms with Gasteiger partial charge >= 0.3 is 0 Å². The van der Waals surface area contributed by atoms with Gasteiger partial charge in [0.15, 0.2) is 0 Å². The van der Waals surface area contributed by atoms with Crippen molar-refractivity contribution < 1.29 is 5.11 Å². The Morgan fingerprint density at radius 1 is 1.53 bits per heavy atom. The Bertz CT molecular complexity index is 353. The molecule has 0 saturated heterocycles. The molecule has 2 rings (SSSR count). The second-order valence-electron chi connectivity index (χ2n) is 3.81. The molecule has 0 radical (unpaired) electrons. The number of aliphatic hydroxyl groups is 1. The summed E-state index contributed by atoms with van der Waals surface area (Å²) in [5.41, 5.74) is 0. The summed E-state index contributed by atoms with van der Waals surface area (Å²) < 4.78 is 0.803. The van der Waals surface area contributed by atoms with Gasteiger partial charge < -0.3 is 10.4 Å². The van der Waals surface area contributed by atoms with Gasteiger partial charge in [-0.15, -0.1) is 0 Å². The number of aliphatic hydroxyl groups excluding tert-OH is 1. The third kappa shape index (κ3) is 2.66. The summed E-state index contributed by atoms with van der Waals surface area (Å²) in [6.45, 7) is 2.03. The fourth-order valence-corrected chi connectivity index (χ4v) is 2.03. The van der Waals surface area contributed by atoms with Crippen LogP contribution in [0.1, 0.15) is 25.6 Å². The summed E-state index contributed by atoms with van der Waals surface area (Å²) in [7, 11) is 0. The van der Waals surface area contributed by atoms with E-state index in [9.17, 15) is 0 Å². The molecule has 0 spiro atoms. The van der Waals surface area contributed by atoms with Crippen LogP contribution in [-0.4, -0.2) is 27.2 Å². The molecule has 0 atom stereocenters. The molecule has 1 aliphatic rings. The van der Waals surface area contributed by atoms with Crippen LogP contribution in [0.25, 0.3) is 0 Å². The number of halogens is 1. The summed E-state index contributed by atoms with van der Waals surface area (Å²) in [4.78, 5) is 8.60. The zero-order valence-electron chi connectivity index (χ0n) is 8.57. The topological polar surface area (TPSA) is 58.0 Å². The van der Waals surface area contributed by atoms with Crippen LogP contribution in [0.15, 0.2) is 10.7 Å². The molecule has 1 heterocycles. The van der Waals surface area contributed by atoms with Gasteiger partial charge in [0.25, 0.3) is 0 Å². The third-order valence-electron chi connectivity index (χ3n) is 2.52. The molecule has 1 aliphatic carbocycles. The second kappa shape index (κ2) is 4.45. The Labute approximate surface area is 97.3 Å². The van der Waals surface area contributed by atoms with Gasteiger partial charge in [-0.2, -0.15) is 0 Å². The minimum absolute atomic E-state index is 0.140. The molecule has 1 fully saturated rings. The van der Waals surface area contributed by atoms with Gasteiger partial charge in [-0.3, -0.25) is 0 Å². The summed E-state index contributed by atoms with van der Waals surface area (Å²) in [6.07, 6.45) is 2.30. The summed E-state index contributed by atoms with van der Waals surface area (Å²) in [5, 5.41) is 12.5. The van der Waals surface area contributed by atoms with E-state index in [2.05, 4.69) is 31.2 Å². The zero-order chi connectivity index (χ0) is 10.8. The van der Waals surface area contributed by atoms with E-state index in [4.69, 9.17) is 5.11 Å². The highest BCUT2D eigenvalue weighted by atomic mass is 79.9. The van der Waals surface area contributed by atoms with Crippen LogP contribution in [-0.2, 0) is 6.42 Å². The van der Waals surface area contributed by atoms with Crippen molar-refractivity contribution >= 4 is 21.7 Å². The van der Waals surface area contributed by atoms with Crippen molar-refractivity contribution in [2.24, 2.45) is 0 Å². The molecule has 5 heteroatoms. The summed E-state index contributed by atoms with van der Waals surface area (Å²) in [6, 6.07) is 2.22. The number of aryl methyl sites for hydroxylation is 1. The maximum Gasteiger partial charge on any atom is 0.131 e. The largest absolute Gasteiger partial charge is 0.393 e. The van der Waals surface area contributed by atoms with E-state index >= 15 is 0 Å². The van der Waals surface area contributed by atoms with Crippen molar-refractivity contribution in [2.45, 2.75) is 38.3 Å². The molecule has 1 aromatic heterocycles. The van der Waals surface area contributed by atoms with Crippen molar-refractivity contribution in [3.05, 3.63) is 16.5 Å². The van der Waals surface area contributed by atoms with Crippen molar-refractivity contribution in [3.8, 4) is 0 Å². The first kappa shape index (κ1) is 10.8. The van der Waals surface area contributed by atoms with Crippen molar-refractivity contribution in [1.29, 1.82) is 0 Å². The highest BCUT2D eigenvalue weighted by molar-refractivity contribution is 9.10. The van der Waals surface area contributed by atoms with Crippen molar-refractivity contribution in [2.75, 3.05) is 5.32 Å². The predicted molar refractivity (Wildman–Crippen MR) is 61.8 cm³/mol. The third-order valence-corrected chi connectivity index (χ3v) is 2.93. The smallest absolute Gasteiger partial charge is 0.131 e. The van der Waals surface area contributed by atoms with Crippen LogP contribution >= 0.6 is 15.9 Å². The molecule has 0 unspecified atom stereocenters. The van der Waals surface area contributed by atoms with Gasteiger partial charge in [0.05, 0.1) is 6.10 Å². The standard InChI is InChI=1S/C10H14BrN3O/c1-2-9-13-8(11)5-10(14-9)12-6-3-7(15)4-6/h5-7,15H,2-4H2,1H3,(H,12,13,14). The Morgan fingerprint density at radius 3 is 2.87 bits per heavy atom. The van der Waals surface area contributed by atoms with E-state index in [1.165, 1.54) is 0 Å². The van der Waals surface area contributed by atoms with Crippen LogP contribution in [0.5, 0.6) is 0 Å². The quantitative estimate of drug-likeness (QED) is 0.823. The number of aromatic nitrogens is 2. The van der Waals surface area contributed by atoms with Crippen LogP contribution in [0.4, 0.5) is 5.82 Å². The molecule has 0 aliphatic heterocycles.